The number of likely N-dealkylation sites (N-methyl/N-ethyl adjacent to an activating group) is 1. The molecule has 1 aromatic heterocycles. The normalized spacial score (nSPS) is 12.9. The first-order valence-electron chi connectivity index (χ1n) is 8.61. The number of alkyl halides is 3. The smallest absolute Gasteiger partial charge is 0.303 e. The van der Waals surface area contributed by atoms with E-state index in [-0.39, 0.29) is 13.1 Å². The molecule has 2 rings (SSSR count). The Morgan fingerprint density at radius 2 is 1.67 bits per heavy atom. The first kappa shape index (κ1) is 21.9. The topological polar surface area (TPSA) is 40.6 Å². The molecule has 0 aliphatic heterocycles. The van der Waals surface area contributed by atoms with Crippen LogP contribution < -0.4 is 0 Å². The summed E-state index contributed by atoms with van der Waals surface area (Å²) in [6.07, 6.45) is -4.74. The van der Waals surface area contributed by atoms with Gasteiger partial charge in [0.2, 0.25) is 10.0 Å². The highest BCUT2D eigenvalue weighted by molar-refractivity contribution is 7.89. The van der Waals surface area contributed by atoms with Crippen molar-refractivity contribution >= 4 is 21.4 Å². The second-order valence-electron chi connectivity index (χ2n) is 5.94. The highest BCUT2D eigenvalue weighted by atomic mass is 32.2. The molecule has 0 radical (unpaired) electrons. The van der Waals surface area contributed by atoms with Crippen molar-refractivity contribution in [3.63, 3.8) is 0 Å². The van der Waals surface area contributed by atoms with Crippen LogP contribution in [-0.2, 0) is 22.7 Å². The third-order valence-electron chi connectivity index (χ3n) is 4.28. The summed E-state index contributed by atoms with van der Waals surface area (Å²) < 4.78 is 67.5. The van der Waals surface area contributed by atoms with Crippen LogP contribution in [0.1, 0.15) is 24.3 Å². The van der Waals surface area contributed by atoms with E-state index in [4.69, 9.17) is 0 Å². The number of thiophene rings is 1. The minimum absolute atomic E-state index is 0.0491. The zero-order chi connectivity index (χ0) is 20.1. The average molecular weight is 421 g/mol. The van der Waals surface area contributed by atoms with Crippen LogP contribution in [0.15, 0.2) is 46.7 Å². The fourth-order valence-corrected chi connectivity index (χ4v) is 5.14. The predicted molar refractivity (Wildman–Crippen MR) is 101 cm³/mol. The summed E-state index contributed by atoms with van der Waals surface area (Å²) in [6.45, 7) is 6.01. The van der Waals surface area contributed by atoms with Crippen molar-refractivity contribution in [3.8, 4) is 0 Å². The predicted octanol–water partition coefficient (Wildman–Crippen LogP) is 4.30. The number of rotatable bonds is 9. The molecule has 0 unspecified atom stereocenters. The second kappa shape index (κ2) is 9.18. The largest absolute Gasteiger partial charge is 0.417 e. The van der Waals surface area contributed by atoms with Crippen molar-refractivity contribution in [2.75, 3.05) is 26.2 Å². The van der Waals surface area contributed by atoms with E-state index < -0.39 is 26.7 Å². The lowest BCUT2D eigenvalue weighted by atomic mass is 10.2. The van der Waals surface area contributed by atoms with Crippen molar-refractivity contribution in [2.24, 2.45) is 0 Å². The number of hydrogen-bond acceptors (Lipinski definition) is 4. The Kier molecular flexibility index (Phi) is 7.44. The van der Waals surface area contributed by atoms with Crippen molar-refractivity contribution in [3.05, 3.63) is 52.2 Å². The van der Waals surface area contributed by atoms with Crippen molar-refractivity contribution in [1.29, 1.82) is 0 Å². The molecule has 2 aromatic rings. The SMILES string of the molecule is CCN(CC)CCN(Cc1cccs1)S(=O)(=O)c1ccccc1C(F)(F)F. The van der Waals surface area contributed by atoms with E-state index in [1.165, 1.54) is 23.5 Å². The molecule has 0 N–H and O–H groups in total. The van der Waals surface area contributed by atoms with Gasteiger partial charge in [-0.25, -0.2) is 8.42 Å². The van der Waals surface area contributed by atoms with Crippen LogP contribution in [0, 0.1) is 0 Å². The highest BCUT2D eigenvalue weighted by Gasteiger charge is 2.38. The fourth-order valence-electron chi connectivity index (χ4n) is 2.72. The number of sulfonamides is 1. The van der Waals surface area contributed by atoms with E-state index in [9.17, 15) is 21.6 Å². The molecule has 0 aliphatic rings. The Hall–Kier alpha value is -1.42. The summed E-state index contributed by atoms with van der Waals surface area (Å²) in [5.74, 6) is 0. The molecule has 0 spiro atoms. The van der Waals surface area contributed by atoms with Gasteiger partial charge in [-0.2, -0.15) is 17.5 Å². The third-order valence-corrected chi connectivity index (χ3v) is 7.05. The van der Waals surface area contributed by atoms with Gasteiger partial charge in [0, 0.05) is 24.5 Å². The highest BCUT2D eigenvalue weighted by Crippen LogP contribution is 2.35. The van der Waals surface area contributed by atoms with Crippen LogP contribution in [0.4, 0.5) is 13.2 Å². The molecule has 0 bridgehead atoms. The second-order valence-corrected chi connectivity index (χ2v) is 8.88. The molecule has 0 aliphatic carbocycles. The van der Waals surface area contributed by atoms with Gasteiger partial charge in [0.1, 0.15) is 0 Å². The van der Waals surface area contributed by atoms with Crippen LogP contribution in [0.3, 0.4) is 0 Å². The monoisotopic (exact) mass is 420 g/mol. The van der Waals surface area contributed by atoms with Gasteiger partial charge >= 0.3 is 6.18 Å². The van der Waals surface area contributed by atoms with Gasteiger partial charge < -0.3 is 4.90 Å². The van der Waals surface area contributed by atoms with E-state index in [1.807, 2.05) is 24.1 Å². The molecule has 9 heteroatoms. The minimum atomic E-state index is -4.74. The number of hydrogen-bond donors (Lipinski definition) is 0. The summed E-state index contributed by atoms with van der Waals surface area (Å²) in [6, 6.07) is 7.91. The molecule has 27 heavy (non-hydrogen) atoms. The van der Waals surface area contributed by atoms with Gasteiger partial charge in [-0.15, -0.1) is 11.3 Å². The summed E-state index contributed by atoms with van der Waals surface area (Å²) in [5, 5.41) is 1.81. The molecule has 0 saturated carbocycles. The van der Waals surface area contributed by atoms with Crippen LogP contribution >= 0.6 is 11.3 Å². The van der Waals surface area contributed by atoms with Gasteiger partial charge in [-0.05, 0) is 36.7 Å². The first-order valence-corrected chi connectivity index (χ1v) is 10.9. The Labute approximate surface area is 162 Å². The maximum absolute atomic E-state index is 13.4. The van der Waals surface area contributed by atoms with Crippen LogP contribution in [0.25, 0.3) is 0 Å². The molecule has 1 aromatic carbocycles. The standard InChI is InChI=1S/C18H23F3N2O2S2/c1-3-22(4-2)11-12-23(14-15-8-7-13-26-15)27(24,25)17-10-6-5-9-16(17)18(19,20)21/h5-10,13H,3-4,11-12,14H2,1-2H3. The van der Waals surface area contributed by atoms with E-state index in [0.29, 0.717) is 6.54 Å². The Balaban J connectivity index is 2.41. The molecule has 0 fully saturated rings. The fraction of sp³-hybridized carbons (Fsp3) is 0.444. The molecule has 0 saturated heterocycles. The molecule has 4 nitrogen and oxygen atoms in total. The van der Waals surface area contributed by atoms with Crippen LogP contribution in [0.2, 0.25) is 0 Å². The van der Waals surface area contributed by atoms with Crippen molar-refractivity contribution < 1.29 is 21.6 Å². The number of nitrogens with zero attached hydrogens (tertiary/aromatic N) is 2. The molecule has 150 valence electrons. The van der Waals surface area contributed by atoms with Crippen LogP contribution in [0.5, 0.6) is 0 Å². The molecular formula is C18H23F3N2O2S2. The first-order chi connectivity index (χ1) is 12.7. The lowest BCUT2D eigenvalue weighted by molar-refractivity contribution is -0.139. The van der Waals surface area contributed by atoms with Gasteiger partial charge in [-0.3, -0.25) is 0 Å². The van der Waals surface area contributed by atoms with E-state index >= 15 is 0 Å². The summed E-state index contributed by atoms with van der Waals surface area (Å²) in [4.78, 5) is 2.11. The Bertz CT molecular complexity index is 817. The van der Waals surface area contributed by atoms with E-state index in [0.717, 1.165) is 34.4 Å². The molecule has 0 atom stereocenters. The van der Waals surface area contributed by atoms with Crippen molar-refractivity contribution in [2.45, 2.75) is 31.5 Å². The zero-order valence-electron chi connectivity index (χ0n) is 15.2. The Morgan fingerprint density at radius 3 is 2.22 bits per heavy atom. The zero-order valence-corrected chi connectivity index (χ0v) is 16.9. The lowest BCUT2D eigenvalue weighted by Gasteiger charge is -2.26. The van der Waals surface area contributed by atoms with Gasteiger partial charge in [0.15, 0.2) is 0 Å². The van der Waals surface area contributed by atoms with Crippen LogP contribution in [-0.4, -0.2) is 43.8 Å². The molecule has 1 heterocycles. The van der Waals surface area contributed by atoms with Gasteiger partial charge in [0.05, 0.1) is 10.5 Å². The summed E-state index contributed by atoms with van der Waals surface area (Å²) >= 11 is 1.38. The minimum Gasteiger partial charge on any atom is -0.303 e. The van der Waals surface area contributed by atoms with E-state index in [1.54, 1.807) is 12.1 Å². The van der Waals surface area contributed by atoms with Gasteiger partial charge in [0.25, 0.3) is 0 Å². The average Bonchev–Trinajstić information content (AvgIpc) is 3.14. The van der Waals surface area contributed by atoms with E-state index in [2.05, 4.69) is 0 Å². The third kappa shape index (κ3) is 5.54. The summed E-state index contributed by atoms with van der Waals surface area (Å²) in [5.41, 5.74) is -1.14. The number of benzene rings is 1. The molecule has 0 amide bonds. The summed E-state index contributed by atoms with van der Waals surface area (Å²) in [7, 11) is -4.31. The molecular weight excluding hydrogens is 397 g/mol. The maximum Gasteiger partial charge on any atom is 0.417 e. The van der Waals surface area contributed by atoms with Crippen molar-refractivity contribution in [1.82, 2.24) is 9.21 Å². The quantitative estimate of drug-likeness (QED) is 0.607. The Morgan fingerprint density at radius 1 is 1.00 bits per heavy atom. The maximum atomic E-state index is 13.4. The lowest BCUT2D eigenvalue weighted by Crippen LogP contribution is -2.38. The number of halogens is 3. The van der Waals surface area contributed by atoms with Gasteiger partial charge in [-0.1, -0.05) is 32.0 Å².